The maximum atomic E-state index is 12.9. The molecule has 0 radical (unpaired) electrons. The minimum absolute atomic E-state index is 0.115. The van der Waals surface area contributed by atoms with E-state index in [1.54, 1.807) is 0 Å². The van der Waals surface area contributed by atoms with Gasteiger partial charge < -0.3 is 4.74 Å². The molecule has 2 rings (SSSR count). The first kappa shape index (κ1) is 7.80. The van der Waals surface area contributed by atoms with Crippen molar-refractivity contribution in [3.63, 3.8) is 0 Å². The van der Waals surface area contributed by atoms with Gasteiger partial charge in [0.1, 0.15) is 0 Å². The first-order valence-electron chi connectivity index (χ1n) is 3.75. The molecule has 1 aromatic heterocycles. The third-order valence-electron chi connectivity index (χ3n) is 1.80. The third kappa shape index (κ3) is 1.25. The van der Waals surface area contributed by atoms with E-state index in [0.717, 1.165) is 18.4 Å². The van der Waals surface area contributed by atoms with Crippen LogP contribution in [0.4, 0.5) is 4.39 Å². The van der Waals surface area contributed by atoms with Gasteiger partial charge in [-0.1, -0.05) is 11.6 Å². The van der Waals surface area contributed by atoms with Gasteiger partial charge in [0.25, 0.3) is 0 Å². The van der Waals surface area contributed by atoms with Crippen molar-refractivity contribution in [3.05, 3.63) is 22.6 Å². The molecule has 4 heteroatoms. The second kappa shape index (κ2) is 2.90. The van der Waals surface area contributed by atoms with Crippen LogP contribution < -0.4 is 4.74 Å². The third-order valence-corrected chi connectivity index (χ3v) is 2.07. The molecular formula is C8H7ClFNO. The molecule has 0 spiro atoms. The van der Waals surface area contributed by atoms with Gasteiger partial charge in [-0.2, -0.15) is 4.98 Å². The van der Waals surface area contributed by atoms with E-state index in [4.69, 9.17) is 16.3 Å². The molecule has 0 aliphatic carbocycles. The number of fused-ring (bicyclic) bond motifs is 1. The molecule has 0 unspecified atom stereocenters. The molecule has 2 nitrogen and oxygen atoms in total. The highest BCUT2D eigenvalue weighted by Crippen LogP contribution is 2.26. The Morgan fingerprint density at radius 3 is 3.25 bits per heavy atom. The van der Waals surface area contributed by atoms with Gasteiger partial charge in [-0.05, 0) is 18.9 Å². The molecule has 0 bridgehead atoms. The smallest absolute Gasteiger partial charge is 0.218 e. The zero-order chi connectivity index (χ0) is 8.55. The predicted molar refractivity (Wildman–Crippen MR) is 43.0 cm³/mol. The summed E-state index contributed by atoms with van der Waals surface area (Å²) in [5.74, 6) is 0.00793. The van der Waals surface area contributed by atoms with Crippen molar-refractivity contribution in [2.24, 2.45) is 0 Å². The van der Waals surface area contributed by atoms with Crippen LogP contribution in [0.2, 0.25) is 5.15 Å². The highest BCUT2D eigenvalue weighted by atomic mass is 35.5. The van der Waals surface area contributed by atoms with Gasteiger partial charge in [0.05, 0.1) is 6.61 Å². The summed E-state index contributed by atoms with van der Waals surface area (Å²) in [6.07, 6.45) is 1.73. The lowest BCUT2D eigenvalue weighted by Crippen LogP contribution is -2.10. The summed E-state index contributed by atoms with van der Waals surface area (Å²) in [5, 5.41) is -0.115. The van der Waals surface area contributed by atoms with Crippen LogP contribution in [0.15, 0.2) is 6.07 Å². The maximum absolute atomic E-state index is 12.9. The van der Waals surface area contributed by atoms with Crippen molar-refractivity contribution in [2.45, 2.75) is 12.8 Å². The molecule has 0 N–H and O–H groups in total. The minimum Gasteiger partial charge on any atom is -0.477 e. The SMILES string of the molecule is Fc1cc2c(nc1Cl)OCCC2. The first-order chi connectivity index (χ1) is 5.77. The highest BCUT2D eigenvalue weighted by Gasteiger charge is 2.14. The van der Waals surface area contributed by atoms with Gasteiger partial charge >= 0.3 is 0 Å². The Morgan fingerprint density at radius 1 is 1.58 bits per heavy atom. The van der Waals surface area contributed by atoms with Crippen molar-refractivity contribution in [3.8, 4) is 5.88 Å². The minimum atomic E-state index is -0.471. The molecule has 0 amide bonds. The monoisotopic (exact) mass is 187 g/mol. The van der Waals surface area contributed by atoms with Crippen LogP contribution in [-0.4, -0.2) is 11.6 Å². The van der Waals surface area contributed by atoms with E-state index in [-0.39, 0.29) is 5.15 Å². The predicted octanol–water partition coefficient (Wildman–Crippen LogP) is 2.20. The number of nitrogens with zero attached hydrogens (tertiary/aromatic N) is 1. The van der Waals surface area contributed by atoms with E-state index >= 15 is 0 Å². The Hall–Kier alpha value is -0.830. The summed E-state index contributed by atoms with van der Waals surface area (Å²) in [6.45, 7) is 0.641. The summed E-state index contributed by atoms with van der Waals surface area (Å²) in [5.41, 5.74) is 0.808. The molecule has 0 aromatic carbocycles. The molecule has 12 heavy (non-hydrogen) atoms. The van der Waals surface area contributed by atoms with Crippen LogP contribution in [0.25, 0.3) is 0 Å². The van der Waals surface area contributed by atoms with E-state index in [1.165, 1.54) is 6.07 Å². The molecule has 0 saturated carbocycles. The van der Waals surface area contributed by atoms with Crippen molar-refractivity contribution in [1.29, 1.82) is 0 Å². The molecular weight excluding hydrogens is 181 g/mol. The number of hydrogen-bond acceptors (Lipinski definition) is 2. The fourth-order valence-electron chi connectivity index (χ4n) is 1.22. The molecule has 2 heterocycles. The second-order valence-corrected chi connectivity index (χ2v) is 3.04. The van der Waals surface area contributed by atoms with Gasteiger partial charge in [0.15, 0.2) is 11.0 Å². The average Bonchev–Trinajstić information content (AvgIpc) is 2.07. The topological polar surface area (TPSA) is 22.1 Å². The highest BCUT2D eigenvalue weighted by molar-refractivity contribution is 6.29. The van der Waals surface area contributed by atoms with Crippen LogP contribution >= 0.6 is 11.6 Å². The number of halogens is 2. The number of ether oxygens (including phenoxy) is 1. The van der Waals surface area contributed by atoms with Gasteiger partial charge in [-0.15, -0.1) is 0 Å². The standard InChI is InChI=1S/C8H7ClFNO/c9-7-6(10)4-5-2-1-3-12-8(5)11-7/h4H,1-3H2. The first-order valence-corrected chi connectivity index (χ1v) is 4.13. The summed E-state index contributed by atoms with van der Waals surface area (Å²) in [7, 11) is 0. The van der Waals surface area contributed by atoms with Crippen LogP contribution in [0.5, 0.6) is 5.88 Å². The maximum Gasteiger partial charge on any atom is 0.218 e. The Labute approximate surface area is 74.3 Å². The van der Waals surface area contributed by atoms with Gasteiger partial charge in [-0.3, -0.25) is 0 Å². The second-order valence-electron chi connectivity index (χ2n) is 2.68. The number of pyridine rings is 1. The summed E-state index contributed by atoms with van der Waals surface area (Å²) >= 11 is 5.48. The van der Waals surface area contributed by atoms with Crippen molar-refractivity contribution >= 4 is 11.6 Å². The van der Waals surface area contributed by atoms with E-state index in [1.807, 2.05) is 0 Å². The summed E-state index contributed by atoms with van der Waals surface area (Å²) in [4.78, 5) is 3.78. The van der Waals surface area contributed by atoms with Gasteiger partial charge in [0, 0.05) is 5.56 Å². The van der Waals surface area contributed by atoms with E-state index in [9.17, 15) is 4.39 Å². The number of rotatable bonds is 0. The fraction of sp³-hybridized carbons (Fsp3) is 0.375. The molecule has 1 aliphatic heterocycles. The lowest BCUT2D eigenvalue weighted by molar-refractivity contribution is 0.275. The summed E-state index contributed by atoms with van der Waals surface area (Å²) in [6, 6.07) is 1.39. The molecule has 1 aromatic rings. The Balaban J connectivity index is 2.49. The largest absolute Gasteiger partial charge is 0.477 e. The lowest BCUT2D eigenvalue weighted by Gasteiger charge is -2.15. The average molecular weight is 188 g/mol. The van der Waals surface area contributed by atoms with Crippen LogP contribution in [0.1, 0.15) is 12.0 Å². The molecule has 0 saturated heterocycles. The van der Waals surface area contributed by atoms with Crippen LogP contribution in [-0.2, 0) is 6.42 Å². The zero-order valence-corrected chi connectivity index (χ0v) is 7.07. The van der Waals surface area contributed by atoms with Crippen LogP contribution in [0.3, 0.4) is 0 Å². The van der Waals surface area contributed by atoms with Crippen molar-refractivity contribution < 1.29 is 9.13 Å². The molecule has 0 atom stereocenters. The Kier molecular flexibility index (Phi) is 1.89. The number of aromatic nitrogens is 1. The molecule has 0 fully saturated rings. The Bertz CT molecular complexity index is 285. The van der Waals surface area contributed by atoms with E-state index < -0.39 is 5.82 Å². The van der Waals surface area contributed by atoms with Crippen LogP contribution in [0, 0.1) is 5.82 Å². The van der Waals surface area contributed by atoms with Gasteiger partial charge in [-0.25, -0.2) is 4.39 Å². The Morgan fingerprint density at radius 2 is 2.42 bits per heavy atom. The van der Waals surface area contributed by atoms with E-state index in [2.05, 4.69) is 4.98 Å². The zero-order valence-electron chi connectivity index (χ0n) is 6.31. The quantitative estimate of drug-likeness (QED) is 0.581. The number of aryl methyl sites for hydroxylation is 1. The van der Waals surface area contributed by atoms with Gasteiger partial charge in [0.2, 0.25) is 5.88 Å². The fourth-order valence-corrected chi connectivity index (χ4v) is 1.36. The summed E-state index contributed by atoms with van der Waals surface area (Å²) < 4.78 is 18.1. The lowest BCUT2D eigenvalue weighted by atomic mass is 10.1. The van der Waals surface area contributed by atoms with E-state index in [0.29, 0.717) is 12.5 Å². The normalized spacial score (nSPS) is 15.2. The van der Waals surface area contributed by atoms with Crippen molar-refractivity contribution in [2.75, 3.05) is 6.61 Å². The number of hydrogen-bond donors (Lipinski definition) is 0. The van der Waals surface area contributed by atoms with Crippen molar-refractivity contribution in [1.82, 2.24) is 4.98 Å². The molecule has 64 valence electrons. The molecule has 1 aliphatic rings.